The summed E-state index contributed by atoms with van der Waals surface area (Å²) in [6.45, 7) is 0.413. The first-order chi connectivity index (χ1) is 12.5. The van der Waals surface area contributed by atoms with Crippen LogP contribution in [0, 0.1) is 0 Å². The summed E-state index contributed by atoms with van der Waals surface area (Å²) >= 11 is 18.3. The van der Waals surface area contributed by atoms with Crippen molar-refractivity contribution in [1.82, 2.24) is 10.2 Å². The molecule has 0 aliphatic rings. The number of methoxy groups -OCH3 is 2. The minimum absolute atomic E-state index is 0.413. The van der Waals surface area contributed by atoms with Gasteiger partial charge in [0.1, 0.15) is 5.69 Å². The number of halogens is 3. The highest BCUT2D eigenvalue weighted by atomic mass is 35.5. The Bertz CT molecular complexity index is 848. The molecule has 0 bridgehead atoms. The zero-order valence-electron chi connectivity index (χ0n) is 14.6. The molecule has 1 N–H and O–H groups in total. The molecular formula is C19H19Cl3N2O2. The fraction of sp³-hybridized carbons (Fsp3) is 0.211. The molecule has 0 saturated carbocycles. The normalized spacial score (nSPS) is 10.4. The highest BCUT2D eigenvalue weighted by molar-refractivity contribution is 6.36. The van der Waals surface area contributed by atoms with Gasteiger partial charge in [0.15, 0.2) is 0 Å². The molecule has 3 rings (SSSR count). The summed E-state index contributed by atoms with van der Waals surface area (Å²) in [7, 11) is 4.89. The van der Waals surface area contributed by atoms with Crippen molar-refractivity contribution >= 4 is 34.8 Å². The van der Waals surface area contributed by atoms with Gasteiger partial charge in [0, 0.05) is 42.5 Å². The van der Waals surface area contributed by atoms with Crippen LogP contribution in [0.2, 0.25) is 15.1 Å². The second-order valence-corrected chi connectivity index (χ2v) is 6.68. The summed E-state index contributed by atoms with van der Waals surface area (Å²) in [5.41, 5.74) is 4.35. The summed E-state index contributed by atoms with van der Waals surface area (Å²) in [6, 6.07) is 12.9. The SMILES string of the molecule is COC.COCc1[nH]nc(-c2ccc(Cl)cc2Cl)c1-c1ccc(Cl)cc1. The van der Waals surface area contributed by atoms with E-state index in [1.54, 1.807) is 33.5 Å². The van der Waals surface area contributed by atoms with Gasteiger partial charge in [0.2, 0.25) is 0 Å². The Morgan fingerprint density at radius 3 is 2.12 bits per heavy atom. The third-order valence-electron chi connectivity index (χ3n) is 3.45. The molecule has 2 aromatic carbocycles. The number of aromatic nitrogens is 2. The molecule has 138 valence electrons. The maximum absolute atomic E-state index is 6.34. The Labute approximate surface area is 168 Å². The van der Waals surface area contributed by atoms with Crippen LogP contribution in [0.3, 0.4) is 0 Å². The number of benzene rings is 2. The number of hydrogen-bond acceptors (Lipinski definition) is 3. The molecule has 1 aromatic heterocycles. The smallest absolute Gasteiger partial charge is 0.102 e. The average molecular weight is 414 g/mol. The molecule has 4 nitrogen and oxygen atoms in total. The van der Waals surface area contributed by atoms with Crippen LogP contribution in [0.4, 0.5) is 0 Å². The van der Waals surface area contributed by atoms with Crippen LogP contribution < -0.4 is 0 Å². The number of H-pyrrole nitrogens is 1. The van der Waals surface area contributed by atoms with Crippen LogP contribution in [-0.2, 0) is 16.1 Å². The van der Waals surface area contributed by atoms with Gasteiger partial charge in [0.25, 0.3) is 0 Å². The predicted octanol–water partition coefficient (Wildman–Crippen LogP) is 6.11. The van der Waals surface area contributed by atoms with Crippen molar-refractivity contribution in [3.05, 3.63) is 63.2 Å². The lowest BCUT2D eigenvalue weighted by atomic mass is 9.99. The van der Waals surface area contributed by atoms with Gasteiger partial charge < -0.3 is 9.47 Å². The molecule has 0 spiro atoms. The zero-order valence-corrected chi connectivity index (χ0v) is 16.9. The minimum atomic E-state index is 0.413. The van der Waals surface area contributed by atoms with Gasteiger partial charge in [-0.3, -0.25) is 5.10 Å². The van der Waals surface area contributed by atoms with E-state index >= 15 is 0 Å². The van der Waals surface area contributed by atoms with Crippen molar-refractivity contribution in [3.8, 4) is 22.4 Å². The quantitative estimate of drug-likeness (QED) is 0.561. The Morgan fingerprint density at radius 2 is 1.54 bits per heavy atom. The largest absolute Gasteiger partial charge is 0.388 e. The van der Waals surface area contributed by atoms with Crippen LogP contribution >= 0.6 is 34.8 Å². The fourth-order valence-electron chi connectivity index (χ4n) is 2.43. The molecule has 26 heavy (non-hydrogen) atoms. The summed E-state index contributed by atoms with van der Waals surface area (Å²) in [5, 5.41) is 9.26. The minimum Gasteiger partial charge on any atom is -0.388 e. The highest BCUT2D eigenvalue weighted by Crippen LogP contribution is 2.38. The standard InChI is InChI=1S/C17H13Cl3N2O.C2H6O/c1-23-9-15-16(10-2-4-11(18)5-3-10)17(22-21-15)13-7-6-12(19)8-14(13)20;1-3-2/h2-8H,9H2,1H3,(H,21,22);1-2H3. The van der Waals surface area contributed by atoms with E-state index in [4.69, 9.17) is 39.5 Å². The maximum atomic E-state index is 6.34. The molecular weight excluding hydrogens is 395 g/mol. The van der Waals surface area contributed by atoms with Crippen molar-refractivity contribution < 1.29 is 9.47 Å². The van der Waals surface area contributed by atoms with Crippen LogP contribution in [0.25, 0.3) is 22.4 Å². The number of ether oxygens (including phenoxy) is 2. The number of rotatable bonds is 4. The van der Waals surface area contributed by atoms with Crippen molar-refractivity contribution in [2.24, 2.45) is 0 Å². The van der Waals surface area contributed by atoms with Gasteiger partial charge in [0.05, 0.1) is 17.3 Å². The Morgan fingerprint density at radius 1 is 0.923 bits per heavy atom. The van der Waals surface area contributed by atoms with Crippen LogP contribution in [0.5, 0.6) is 0 Å². The number of hydrogen-bond donors (Lipinski definition) is 1. The second-order valence-electron chi connectivity index (χ2n) is 5.40. The molecule has 0 aliphatic heterocycles. The maximum Gasteiger partial charge on any atom is 0.102 e. The summed E-state index contributed by atoms with van der Waals surface area (Å²) in [5.74, 6) is 0. The van der Waals surface area contributed by atoms with E-state index < -0.39 is 0 Å². The third kappa shape index (κ3) is 5.00. The molecule has 0 atom stereocenters. The van der Waals surface area contributed by atoms with E-state index in [1.165, 1.54) is 0 Å². The highest BCUT2D eigenvalue weighted by Gasteiger charge is 2.18. The van der Waals surface area contributed by atoms with E-state index in [9.17, 15) is 0 Å². The molecule has 0 radical (unpaired) electrons. The lowest BCUT2D eigenvalue weighted by molar-refractivity contribution is 0.182. The van der Waals surface area contributed by atoms with Gasteiger partial charge in [-0.2, -0.15) is 5.10 Å². The molecule has 0 unspecified atom stereocenters. The Balaban J connectivity index is 0.000000758. The van der Waals surface area contributed by atoms with Crippen molar-refractivity contribution in [1.29, 1.82) is 0 Å². The number of aromatic amines is 1. The molecule has 1 heterocycles. The first kappa shape index (κ1) is 20.7. The van der Waals surface area contributed by atoms with Gasteiger partial charge >= 0.3 is 0 Å². The molecule has 0 fully saturated rings. The average Bonchev–Trinajstić information content (AvgIpc) is 3.00. The van der Waals surface area contributed by atoms with Gasteiger partial charge in [-0.25, -0.2) is 0 Å². The van der Waals surface area contributed by atoms with Crippen LogP contribution in [-0.4, -0.2) is 31.5 Å². The van der Waals surface area contributed by atoms with E-state index in [0.717, 1.165) is 28.1 Å². The van der Waals surface area contributed by atoms with Crippen molar-refractivity contribution in [2.75, 3.05) is 21.3 Å². The first-order valence-electron chi connectivity index (χ1n) is 7.69. The molecule has 0 saturated heterocycles. The van der Waals surface area contributed by atoms with Crippen molar-refractivity contribution in [3.63, 3.8) is 0 Å². The first-order valence-corrected chi connectivity index (χ1v) is 8.82. The molecule has 0 amide bonds. The monoisotopic (exact) mass is 412 g/mol. The van der Waals surface area contributed by atoms with Gasteiger partial charge in [-0.1, -0.05) is 46.9 Å². The van der Waals surface area contributed by atoms with E-state index in [-0.39, 0.29) is 0 Å². The Kier molecular flexibility index (Phi) is 7.94. The predicted molar refractivity (Wildman–Crippen MR) is 108 cm³/mol. The van der Waals surface area contributed by atoms with Crippen LogP contribution in [0.15, 0.2) is 42.5 Å². The molecule has 7 heteroatoms. The van der Waals surface area contributed by atoms with Gasteiger partial charge in [-0.15, -0.1) is 0 Å². The second kappa shape index (κ2) is 9.95. The lowest BCUT2D eigenvalue weighted by Gasteiger charge is -2.08. The summed E-state index contributed by atoms with van der Waals surface area (Å²) < 4.78 is 9.51. The Hall–Kier alpha value is -1.56. The number of nitrogens with zero attached hydrogens (tertiary/aromatic N) is 1. The van der Waals surface area contributed by atoms with E-state index in [2.05, 4.69) is 14.9 Å². The lowest BCUT2D eigenvalue weighted by Crippen LogP contribution is -1.91. The molecule has 3 aromatic rings. The third-order valence-corrected chi connectivity index (χ3v) is 4.25. The van der Waals surface area contributed by atoms with E-state index in [0.29, 0.717) is 21.7 Å². The van der Waals surface area contributed by atoms with E-state index in [1.807, 2.05) is 30.3 Å². The number of nitrogens with one attached hydrogen (secondary N) is 1. The van der Waals surface area contributed by atoms with Crippen molar-refractivity contribution in [2.45, 2.75) is 6.61 Å². The molecule has 0 aliphatic carbocycles. The zero-order chi connectivity index (χ0) is 19.1. The van der Waals surface area contributed by atoms with Crippen LogP contribution in [0.1, 0.15) is 5.69 Å². The topological polar surface area (TPSA) is 47.1 Å². The summed E-state index contributed by atoms with van der Waals surface area (Å²) in [4.78, 5) is 0. The fourth-order valence-corrected chi connectivity index (χ4v) is 3.05. The van der Waals surface area contributed by atoms with Gasteiger partial charge in [-0.05, 0) is 35.9 Å². The summed E-state index contributed by atoms with van der Waals surface area (Å²) in [6.07, 6.45) is 0.